The molecule has 0 unspecified atom stereocenters. The molecule has 0 atom stereocenters. The molecule has 0 aliphatic carbocycles. The molecule has 11 heteroatoms. The smallest absolute Gasteiger partial charge is 0.279 e. The van der Waals surface area contributed by atoms with Crippen LogP contribution in [0.3, 0.4) is 0 Å². The monoisotopic (exact) mass is 532 g/mol. The molecule has 0 N–H and O–H groups in total. The minimum Gasteiger partial charge on any atom is -0.486 e. The molecule has 3 aromatic carbocycles. The zero-order valence-electron chi connectivity index (χ0n) is 20.3. The van der Waals surface area contributed by atoms with Crippen LogP contribution in [-0.4, -0.2) is 72.7 Å². The summed E-state index contributed by atoms with van der Waals surface area (Å²) in [7, 11) is -3.79. The van der Waals surface area contributed by atoms with E-state index in [1.54, 1.807) is 59.5 Å². The summed E-state index contributed by atoms with van der Waals surface area (Å²) in [5, 5.41) is 5.30. The van der Waals surface area contributed by atoms with Crippen molar-refractivity contribution >= 4 is 26.7 Å². The minimum absolute atomic E-state index is 0.115. The Labute approximate surface area is 218 Å². The molecule has 3 heterocycles. The van der Waals surface area contributed by atoms with Crippen molar-refractivity contribution in [2.45, 2.75) is 4.90 Å². The fourth-order valence-electron chi connectivity index (χ4n) is 4.71. The Hall–Kier alpha value is -4.22. The molecule has 10 nitrogen and oxygen atoms in total. The van der Waals surface area contributed by atoms with Crippen molar-refractivity contribution in [2.24, 2.45) is 0 Å². The highest BCUT2D eigenvalue weighted by Gasteiger charge is 2.32. The molecule has 4 aromatic rings. The average molecular weight is 533 g/mol. The summed E-state index contributed by atoms with van der Waals surface area (Å²) in [5.74, 6) is 0.557. The van der Waals surface area contributed by atoms with Gasteiger partial charge in [0.25, 0.3) is 11.5 Å². The average Bonchev–Trinajstić information content (AvgIpc) is 2.97. The van der Waals surface area contributed by atoms with Crippen LogP contribution in [0.2, 0.25) is 0 Å². The number of ether oxygens (including phenoxy) is 2. The zero-order chi connectivity index (χ0) is 26.3. The quantitative estimate of drug-likeness (QED) is 0.397. The molecule has 1 amide bonds. The van der Waals surface area contributed by atoms with Crippen LogP contribution < -0.4 is 15.0 Å². The second-order valence-corrected chi connectivity index (χ2v) is 10.9. The maximum Gasteiger partial charge on any atom is 0.279 e. The van der Waals surface area contributed by atoms with E-state index in [-0.39, 0.29) is 48.2 Å². The van der Waals surface area contributed by atoms with Gasteiger partial charge in [-0.05, 0) is 30.3 Å². The number of carbonyl (C=O) groups excluding carboxylic acids is 1. The molecular weight excluding hydrogens is 508 g/mol. The lowest BCUT2D eigenvalue weighted by Crippen LogP contribution is -2.50. The molecule has 2 aliphatic heterocycles. The topological polar surface area (TPSA) is 111 Å². The molecule has 38 heavy (non-hydrogen) atoms. The van der Waals surface area contributed by atoms with Gasteiger partial charge in [0.05, 0.1) is 16.0 Å². The number of amides is 1. The van der Waals surface area contributed by atoms with Crippen LogP contribution in [0.1, 0.15) is 10.5 Å². The maximum atomic E-state index is 13.6. The van der Waals surface area contributed by atoms with Crippen molar-refractivity contribution in [3.05, 3.63) is 88.8 Å². The first-order chi connectivity index (χ1) is 18.4. The number of carbonyl (C=O) groups is 1. The van der Waals surface area contributed by atoms with Crippen LogP contribution in [0.4, 0.5) is 0 Å². The van der Waals surface area contributed by atoms with Gasteiger partial charge >= 0.3 is 0 Å². The first kappa shape index (κ1) is 24.1. The van der Waals surface area contributed by atoms with Gasteiger partial charge in [-0.1, -0.05) is 36.4 Å². The number of sulfonamides is 1. The largest absolute Gasteiger partial charge is 0.486 e. The summed E-state index contributed by atoms with van der Waals surface area (Å²) in [6.07, 6.45) is 0. The predicted molar refractivity (Wildman–Crippen MR) is 139 cm³/mol. The highest BCUT2D eigenvalue weighted by Crippen LogP contribution is 2.33. The summed E-state index contributed by atoms with van der Waals surface area (Å²) in [4.78, 5) is 28.5. The molecule has 1 aromatic heterocycles. The Morgan fingerprint density at radius 3 is 2.18 bits per heavy atom. The van der Waals surface area contributed by atoms with Crippen LogP contribution in [0, 0.1) is 0 Å². The standard InChI is InChI=1S/C27H24N4O6S/c32-26-22-9-5-4-8-21(22)25(28-31(26)19-6-2-1-3-7-19)27(33)29-12-14-30(15-13-29)38(34,35)20-10-11-23-24(18-20)37-17-16-36-23/h1-11,18H,12-17H2. The highest BCUT2D eigenvalue weighted by molar-refractivity contribution is 7.89. The molecule has 2 aliphatic rings. The number of aromatic nitrogens is 2. The third-order valence-corrected chi connectivity index (χ3v) is 8.58. The minimum atomic E-state index is -3.79. The van der Waals surface area contributed by atoms with Gasteiger partial charge in [0.2, 0.25) is 10.0 Å². The van der Waals surface area contributed by atoms with Crippen molar-refractivity contribution in [1.29, 1.82) is 0 Å². The van der Waals surface area contributed by atoms with Crippen molar-refractivity contribution in [2.75, 3.05) is 39.4 Å². The van der Waals surface area contributed by atoms with Gasteiger partial charge in [0.15, 0.2) is 17.2 Å². The fraction of sp³-hybridized carbons (Fsp3) is 0.222. The van der Waals surface area contributed by atoms with E-state index in [2.05, 4.69) is 5.10 Å². The molecule has 1 fully saturated rings. The zero-order valence-corrected chi connectivity index (χ0v) is 21.1. The van der Waals surface area contributed by atoms with Crippen LogP contribution in [0.5, 0.6) is 11.5 Å². The summed E-state index contributed by atoms with van der Waals surface area (Å²) >= 11 is 0. The van der Waals surface area contributed by atoms with E-state index in [0.29, 0.717) is 41.2 Å². The summed E-state index contributed by atoms with van der Waals surface area (Å²) < 4.78 is 40.2. The SMILES string of the molecule is O=C(c1nn(-c2ccccc2)c(=O)c2ccccc12)N1CCN(S(=O)(=O)c2ccc3c(c2)OCCO3)CC1. The Bertz CT molecular complexity index is 1700. The third-order valence-electron chi connectivity index (χ3n) is 6.69. The second kappa shape index (κ2) is 9.58. The van der Waals surface area contributed by atoms with E-state index in [0.717, 1.165) is 0 Å². The number of hydrogen-bond acceptors (Lipinski definition) is 7. The fourth-order valence-corrected chi connectivity index (χ4v) is 6.14. The number of hydrogen-bond donors (Lipinski definition) is 0. The van der Waals surface area contributed by atoms with Gasteiger partial charge in [0, 0.05) is 37.6 Å². The number of piperazine rings is 1. The van der Waals surface area contributed by atoms with Gasteiger partial charge in [-0.25, -0.2) is 8.42 Å². The van der Waals surface area contributed by atoms with E-state index >= 15 is 0 Å². The van der Waals surface area contributed by atoms with E-state index in [4.69, 9.17) is 9.47 Å². The first-order valence-electron chi connectivity index (χ1n) is 12.2. The normalized spacial score (nSPS) is 15.9. The Balaban J connectivity index is 1.26. The van der Waals surface area contributed by atoms with Crippen molar-refractivity contribution in [1.82, 2.24) is 19.0 Å². The second-order valence-electron chi connectivity index (χ2n) is 8.95. The first-order valence-corrected chi connectivity index (χ1v) is 13.6. The number of para-hydroxylation sites is 1. The van der Waals surface area contributed by atoms with Crippen molar-refractivity contribution in [3.63, 3.8) is 0 Å². The molecule has 6 rings (SSSR count). The molecule has 0 radical (unpaired) electrons. The summed E-state index contributed by atoms with van der Waals surface area (Å²) in [5.41, 5.74) is 0.374. The number of nitrogens with zero attached hydrogens (tertiary/aromatic N) is 4. The lowest BCUT2D eigenvalue weighted by Gasteiger charge is -2.34. The maximum absolute atomic E-state index is 13.6. The predicted octanol–water partition coefficient (Wildman–Crippen LogP) is 2.30. The Kier molecular flexibility index (Phi) is 6.09. The van der Waals surface area contributed by atoms with Crippen LogP contribution >= 0.6 is 0 Å². The lowest BCUT2D eigenvalue weighted by atomic mass is 10.1. The van der Waals surface area contributed by atoms with Gasteiger partial charge in [-0.3, -0.25) is 9.59 Å². The Morgan fingerprint density at radius 1 is 0.789 bits per heavy atom. The van der Waals surface area contributed by atoms with Crippen molar-refractivity contribution < 1.29 is 22.7 Å². The van der Waals surface area contributed by atoms with E-state index in [9.17, 15) is 18.0 Å². The molecule has 0 bridgehead atoms. The van der Waals surface area contributed by atoms with E-state index in [1.165, 1.54) is 21.1 Å². The van der Waals surface area contributed by atoms with Gasteiger partial charge in [-0.15, -0.1) is 0 Å². The molecule has 0 saturated carbocycles. The van der Waals surface area contributed by atoms with Gasteiger partial charge in [-0.2, -0.15) is 14.1 Å². The van der Waals surface area contributed by atoms with Crippen molar-refractivity contribution in [3.8, 4) is 17.2 Å². The Morgan fingerprint density at radius 2 is 1.45 bits per heavy atom. The van der Waals surface area contributed by atoms with Gasteiger partial charge < -0.3 is 14.4 Å². The number of fused-ring (bicyclic) bond motifs is 2. The summed E-state index contributed by atoms with van der Waals surface area (Å²) in [6.45, 7) is 1.39. The highest BCUT2D eigenvalue weighted by atomic mass is 32.2. The third kappa shape index (κ3) is 4.19. The molecule has 1 saturated heterocycles. The van der Waals surface area contributed by atoms with Crippen LogP contribution in [0.15, 0.2) is 82.5 Å². The molecular formula is C27H24N4O6S. The van der Waals surface area contributed by atoms with Crippen LogP contribution in [0.25, 0.3) is 16.5 Å². The molecule has 194 valence electrons. The van der Waals surface area contributed by atoms with E-state index < -0.39 is 10.0 Å². The number of rotatable bonds is 4. The number of benzene rings is 3. The molecule has 0 spiro atoms. The van der Waals surface area contributed by atoms with Gasteiger partial charge in [0.1, 0.15) is 13.2 Å². The summed E-state index contributed by atoms with van der Waals surface area (Å²) in [6, 6.07) is 20.4. The lowest BCUT2D eigenvalue weighted by molar-refractivity contribution is 0.0692. The van der Waals surface area contributed by atoms with Crippen LogP contribution in [-0.2, 0) is 10.0 Å². The van der Waals surface area contributed by atoms with E-state index in [1.807, 2.05) is 6.07 Å².